The zero-order valence-electron chi connectivity index (χ0n) is 18.9. The lowest BCUT2D eigenvalue weighted by molar-refractivity contribution is -0.0301. The number of carbonyl (C=O) groups is 1. The number of nitrogens with zero attached hydrogens (tertiary/aromatic N) is 2. The van der Waals surface area contributed by atoms with Crippen LogP contribution >= 0.6 is 0 Å². The van der Waals surface area contributed by atoms with Gasteiger partial charge in [-0.1, -0.05) is 45.9 Å². The van der Waals surface area contributed by atoms with E-state index in [-0.39, 0.29) is 34.4 Å². The van der Waals surface area contributed by atoms with E-state index >= 15 is 0 Å². The first-order valence-electron chi connectivity index (χ1n) is 10.3. The van der Waals surface area contributed by atoms with E-state index in [1.165, 1.54) is 23.0 Å². The van der Waals surface area contributed by atoms with Crippen molar-refractivity contribution in [2.75, 3.05) is 5.73 Å². The number of nitrogens with two attached hydrogens (primary N) is 1. The lowest BCUT2D eigenvalue weighted by Gasteiger charge is -2.46. The molecule has 0 bridgehead atoms. The number of anilines is 1. The quantitative estimate of drug-likeness (QED) is 0.465. The fourth-order valence-corrected chi connectivity index (χ4v) is 4.84. The normalized spacial score (nSPS) is 14.9. The maximum Gasteiger partial charge on any atom is 0.198 e. The predicted octanol–water partition coefficient (Wildman–Crippen LogP) is 4.03. The molecule has 2 N–H and O–H groups in total. The van der Waals surface area contributed by atoms with Crippen molar-refractivity contribution >= 4 is 22.1 Å². The van der Waals surface area contributed by atoms with Crippen LogP contribution in [0.3, 0.4) is 0 Å². The third kappa shape index (κ3) is 4.20. The first-order valence-corrected chi connectivity index (χ1v) is 11.1. The van der Waals surface area contributed by atoms with Gasteiger partial charge < -0.3 is 10.2 Å². The molecule has 1 heterocycles. The average molecular weight is 440 g/mol. The minimum atomic E-state index is -0.368. The summed E-state index contributed by atoms with van der Waals surface area (Å²) in [6.45, 7) is 10.8. The van der Waals surface area contributed by atoms with Gasteiger partial charge in [-0.2, -0.15) is 5.10 Å². The number of nitrogen functional groups attached to an aromatic ring is 1. The molecule has 0 saturated heterocycles. The number of aromatic nitrogens is 2. The molecule has 164 valence electrons. The largest absolute Gasteiger partial charge is 0.422 e. The molecule has 0 aliphatic rings. The predicted molar refractivity (Wildman–Crippen MR) is 125 cm³/mol. The van der Waals surface area contributed by atoms with Gasteiger partial charge in [0.15, 0.2) is 5.78 Å². The van der Waals surface area contributed by atoms with Crippen molar-refractivity contribution in [3.8, 4) is 5.69 Å². The topological polar surface area (TPSA) is 70.1 Å². The highest BCUT2D eigenvalue weighted by Gasteiger charge is 2.42. The first kappa shape index (κ1) is 22.9. The molecule has 31 heavy (non-hydrogen) atoms. The van der Waals surface area contributed by atoms with Crippen molar-refractivity contribution in [1.29, 1.82) is 0 Å². The van der Waals surface area contributed by atoms with Crippen LogP contribution in [0.1, 0.15) is 62.0 Å². The molecule has 2 aromatic carbocycles. The van der Waals surface area contributed by atoms with Crippen molar-refractivity contribution in [2.24, 2.45) is 5.41 Å². The maximum atomic E-state index is 13.2. The zero-order valence-corrected chi connectivity index (χ0v) is 20.9. The second-order valence-electron chi connectivity index (χ2n) is 9.07. The molecule has 0 aliphatic heterocycles. The van der Waals surface area contributed by atoms with Gasteiger partial charge in [0, 0.05) is 11.5 Å². The smallest absolute Gasteiger partial charge is 0.198 e. The Hall–Kier alpha value is -2.77. The molecule has 0 saturated carbocycles. The molecule has 7 heteroatoms. The summed E-state index contributed by atoms with van der Waals surface area (Å²) in [5.41, 5.74) is 8.26. The maximum absolute atomic E-state index is 13.2. The summed E-state index contributed by atoms with van der Waals surface area (Å²) >= 11 is 0. The Bertz CT molecular complexity index is 1090. The minimum absolute atomic E-state index is 0.0745. The van der Waals surface area contributed by atoms with Gasteiger partial charge in [0.25, 0.3) is 0 Å². The van der Waals surface area contributed by atoms with Crippen LogP contribution in [-0.4, -0.2) is 31.7 Å². The highest BCUT2D eigenvalue weighted by Crippen LogP contribution is 2.43. The van der Waals surface area contributed by atoms with Crippen molar-refractivity contribution in [3.63, 3.8) is 0 Å². The summed E-state index contributed by atoms with van der Waals surface area (Å²) in [4.78, 5) is 13.2. The van der Waals surface area contributed by atoms with Crippen LogP contribution in [0.15, 0.2) is 54.7 Å². The highest BCUT2D eigenvalue weighted by atomic mass is 28.2. The third-order valence-corrected chi connectivity index (χ3v) is 7.36. The summed E-state index contributed by atoms with van der Waals surface area (Å²) in [7, 11) is 0.622. The highest BCUT2D eigenvalue weighted by molar-refractivity contribution is 6.11. The standard InChI is InChI=1S/C24H30FN3O2Si/c1-15(24(5,30-31)23(2,3)4)16-7-6-8-17(13-16)21(29)20-14-27-28(22(20)26)19-11-9-18(25)10-12-19/h6-15H,26H2,1-5,31H3. The van der Waals surface area contributed by atoms with E-state index in [4.69, 9.17) is 10.2 Å². The molecule has 3 aromatic rings. The van der Waals surface area contributed by atoms with Crippen LogP contribution in [0.25, 0.3) is 5.69 Å². The SMILES string of the molecule is CC(c1cccc(C(=O)c2cnn(-c3ccc(F)cc3)c2N)c1)C(C)(O[SiH3])C(C)(C)C. The molecule has 5 nitrogen and oxygen atoms in total. The number of hydrogen-bond acceptors (Lipinski definition) is 4. The number of benzene rings is 2. The van der Waals surface area contributed by atoms with Crippen LogP contribution in [0.2, 0.25) is 0 Å². The number of ketones is 1. The van der Waals surface area contributed by atoms with E-state index in [2.05, 4.69) is 39.7 Å². The molecule has 0 fully saturated rings. The monoisotopic (exact) mass is 439 g/mol. The number of rotatable bonds is 6. The molecular formula is C24H30FN3O2Si. The molecular weight excluding hydrogens is 409 g/mol. The second-order valence-corrected chi connectivity index (χ2v) is 9.48. The summed E-state index contributed by atoms with van der Waals surface area (Å²) < 4.78 is 20.7. The van der Waals surface area contributed by atoms with Crippen LogP contribution in [0, 0.1) is 11.2 Å². The molecule has 2 unspecified atom stereocenters. The molecule has 0 aliphatic carbocycles. The second kappa shape index (κ2) is 8.40. The molecule has 3 rings (SSSR count). The Labute approximate surface area is 186 Å². The van der Waals surface area contributed by atoms with E-state index < -0.39 is 0 Å². The van der Waals surface area contributed by atoms with E-state index in [1.807, 2.05) is 18.2 Å². The average Bonchev–Trinajstić information content (AvgIpc) is 3.13. The van der Waals surface area contributed by atoms with Crippen molar-refractivity contribution in [3.05, 3.63) is 77.2 Å². The van der Waals surface area contributed by atoms with Crippen LogP contribution in [-0.2, 0) is 4.43 Å². The summed E-state index contributed by atoms with van der Waals surface area (Å²) in [6.07, 6.45) is 1.46. The fraction of sp³-hybridized carbons (Fsp3) is 0.333. The van der Waals surface area contributed by atoms with Gasteiger partial charge in [-0.05, 0) is 48.2 Å². The van der Waals surface area contributed by atoms with E-state index in [0.29, 0.717) is 27.3 Å². The third-order valence-electron chi connectivity index (χ3n) is 6.51. The van der Waals surface area contributed by atoms with Gasteiger partial charge in [-0.15, -0.1) is 0 Å². The van der Waals surface area contributed by atoms with Crippen LogP contribution in [0.4, 0.5) is 10.2 Å². The van der Waals surface area contributed by atoms with E-state index in [0.717, 1.165) is 5.56 Å². The van der Waals surface area contributed by atoms with Gasteiger partial charge in [-0.3, -0.25) is 4.79 Å². The van der Waals surface area contributed by atoms with Crippen molar-refractivity contribution < 1.29 is 13.6 Å². The van der Waals surface area contributed by atoms with Gasteiger partial charge in [0.1, 0.15) is 22.1 Å². The summed E-state index contributed by atoms with van der Waals surface area (Å²) in [5, 5.41) is 4.24. The summed E-state index contributed by atoms with van der Waals surface area (Å²) in [5.74, 6) is -0.253. The Morgan fingerprint density at radius 3 is 2.39 bits per heavy atom. The summed E-state index contributed by atoms with van der Waals surface area (Å²) in [6, 6.07) is 13.4. The molecule has 1 aromatic heterocycles. The first-order chi connectivity index (χ1) is 14.5. The van der Waals surface area contributed by atoms with Gasteiger partial charge >= 0.3 is 0 Å². The Morgan fingerprint density at radius 2 is 1.81 bits per heavy atom. The molecule has 0 spiro atoms. The number of hydrogen-bond donors (Lipinski definition) is 1. The molecule has 0 radical (unpaired) electrons. The number of carbonyl (C=O) groups excluding carboxylic acids is 1. The van der Waals surface area contributed by atoms with Crippen molar-refractivity contribution in [1.82, 2.24) is 9.78 Å². The minimum Gasteiger partial charge on any atom is -0.422 e. The van der Waals surface area contributed by atoms with E-state index in [9.17, 15) is 9.18 Å². The Kier molecular flexibility index (Phi) is 6.20. The lowest BCUT2D eigenvalue weighted by Crippen LogP contribution is -2.46. The van der Waals surface area contributed by atoms with Gasteiger partial charge in [-0.25, -0.2) is 9.07 Å². The Balaban J connectivity index is 1.95. The lowest BCUT2D eigenvalue weighted by atomic mass is 9.68. The number of halogens is 1. The van der Waals surface area contributed by atoms with Gasteiger partial charge in [0.05, 0.1) is 23.0 Å². The fourth-order valence-electron chi connectivity index (χ4n) is 3.88. The van der Waals surface area contributed by atoms with Crippen LogP contribution < -0.4 is 5.73 Å². The zero-order chi connectivity index (χ0) is 23.0. The van der Waals surface area contributed by atoms with Gasteiger partial charge in [0.2, 0.25) is 0 Å². The van der Waals surface area contributed by atoms with Crippen molar-refractivity contribution in [2.45, 2.75) is 46.1 Å². The molecule has 2 atom stereocenters. The Morgan fingerprint density at radius 1 is 1.16 bits per heavy atom. The van der Waals surface area contributed by atoms with E-state index in [1.54, 1.807) is 18.2 Å². The molecule has 0 amide bonds. The van der Waals surface area contributed by atoms with Crippen LogP contribution in [0.5, 0.6) is 0 Å².